The van der Waals surface area contributed by atoms with Crippen LogP contribution in [-0.2, 0) is 0 Å². The summed E-state index contributed by atoms with van der Waals surface area (Å²) in [6.07, 6.45) is 4.66. The first-order valence-corrected chi connectivity index (χ1v) is 8.85. The van der Waals surface area contributed by atoms with Crippen molar-refractivity contribution in [1.29, 1.82) is 0 Å². The van der Waals surface area contributed by atoms with Crippen LogP contribution in [0.5, 0.6) is 0 Å². The molecule has 0 saturated heterocycles. The first-order valence-electron chi connectivity index (χ1n) is 8.44. The molecule has 0 radical (unpaired) electrons. The topological polar surface area (TPSA) is 41.1 Å². The molecule has 0 unspecified atom stereocenters. The van der Waals surface area contributed by atoms with Crippen LogP contribution in [0.25, 0.3) is 0 Å². The van der Waals surface area contributed by atoms with E-state index >= 15 is 0 Å². The first-order chi connectivity index (χ1) is 10.8. The van der Waals surface area contributed by atoms with Gasteiger partial charge in [-0.05, 0) is 68.3 Å². The summed E-state index contributed by atoms with van der Waals surface area (Å²) in [5, 5.41) is 6.53. The van der Waals surface area contributed by atoms with Gasteiger partial charge in [0, 0.05) is 11.6 Å². The first kappa shape index (κ1) is 17.9. The van der Waals surface area contributed by atoms with Gasteiger partial charge in [-0.25, -0.2) is 0 Å². The van der Waals surface area contributed by atoms with Gasteiger partial charge < -0.3 is 5.32 Å². The number of benzene rings is 1. The lowest BCUT2D eigenvalue weighted by Gasteiger charge is -2.37. The molecule has 2 N–H and O–H groups in total. The molecule has 3 nitrogen and oxygen atoms in total. The summed E-state index contributed by atoms with van der Waals surface area (Å²) in [6.45, 7) is 8.95. The zero-order valence-electron chi connectivity index (χ0n) is 14.6. The van der Waals surface area contributed by atoms with Crippen molar-refractivity contribution in [3.63, 3.8) is 0 Å². The molecule has 1 aromatic carbocycles. The predicted molar refractivity (Wildman–Crippen MR) is 99.6 cm³/mol. The molecular weight excluding hydrogens is 304 g/mol. The van der Waals surface area contributed by atoms with Crippen LogP contribution in [0.15, 0.2) is 24.3 Å². The number of amides is 1. The molecule has 1 aromatic rings. The van der Waals surface area contributed by atoms with Crippen molar-refractivity contribution in [2.45, 2.75) is 59.4 Å². The third-order valence-electron chi connectivity index (χ3n) is 4.83. The van der Waals surface area contributed by atoms with Gasteiger partial charge in [0.05, 0.1) is 0 Å². The molecule has 1 aliphatic rings. The monoisotopic (exact) mass is 332 g/mol. The molecule has 1 aliphatic carbocycles. The number of aryl methyl sites for hydroxylation is 1. The average molecular weight is 333 g/mol. The lowest BCUT2D eigenvalue weighted by Crippen LogP contribution is -2.46. The van der Waals surface area contributed by atoms with Crippen LogP contribution in [-0.4, -0.2) is 17.1 Å². The second-order valence-electron chi connectivity index (χ2n) is 7.71. The van der Waals surface area contributed by atoms with E-state index in [2.05, 4.69) is 31.4 Å². The molecule has 126 valence electrons. The zero-order chi connectivity index (χ0) is 17.0. The molecule has 1 saturated carbocycles. The summed E-state index contributed by atoms with van der Waals surface area (Å²) in [5.41, 5.74) is 2.15. The summed E-state index contributed by atoms with van der Waals surface area (Å²) in [4.78, 5) is 12.2. The Kier molecular flexibility index (Phi) is 5.79. The van der Waals surface area contributed by atoms with E-state index in [4.69, 9.17) is 12.2 Å². The number of rotatable bonds is 2. The summed E-state index contributed by atoms with van der Waals surface area (Å²) >= 11 is 5.30. The average Bonchev–Trinajstić information content (AvgIpc) is 2.47. The normalized spacial score (nSPS) is 21.6. The standard InChI is InChI=1S/C19H28N2OS/c1-13-5-7-14(8-6-13)17(22)21-18(23)20-16-11-9-15(10-12-16)19(2,3)4/h5-8,15-16H,9-12H2,1-4H3,(H2,20,21,22,23). The van der Waals surface area contributed by atoms with Crippen molar-refractivity contribution < 1.29 is 4.79 Å². The van der Waals surface area contributed by atoms with Gasteiger partial charge in [-0.1, -0.05) is 38.5 Å². The van der Waals surface area contributed by atoms with Gasteiger partial charge >= 0.3 is 0 Å². The second-order valence-corrected chi connectivity index (χ2v) is 8.12. The maximum Gasteiger partial charge on any atom is 0.257 e. The highest BCUT2D eigenvalue weighted by atomic mass is 32.1. The van der Waals surface area contributed by atoms with Crippen LogP contribution < -0.4 is 10.6 Å². The van der Waals surface area contributed by atoms with E-state index in [0.29, 0.717) is 22.1 Å². The van der Waals surface area contributed by atoms with Crippen LogP contribution in [0.3, 0.4) is 0 Å². The molecule has 0 spiro atoms. The summed E-state index contributed by atoms with van der Waals surface area (Å²) in [6, 6.07) is 7.88. The van der Waals surface area contributed by atoms with Crippen LogP contribution in [0.4, 0.5) is 0 Å². The predicted octanol–water partition coefficient (Wildman–Crippen LogP) is 4.20. The largest absolute Gasteiger partial charge is 0.360 e. The van der Waals surface area contributed by atoms with Crippen molar-refractivity contribution in [2.75, 3.05) is 0 Å². The van der Waals surface area contributed by atoms with E-state index < -0.39 is 0 Å². The highest BCUT2D eigenvalue weighted by molar-refractivity contribution is 7.80. The number of carbonyl (C=O) groups excluding carboxylic acids is 1. The molecule has 4 heteroatoms. The molecule has 0 atom stereocenters. The Morgan fingerprint density at radius 2 is 1.65 bits per heavy atom. The van der Waals surface area contributed by atoms with E-state index in [-0.39, 0.29) is 5.91 Å². The van der Waals surface area contributed by atoms with E-state index in [0.717, 1.165) is 24.3 Å². The molecule has 1 fully saturated rings. The third-order valence-corrected chi connectivity index (χ3v) is 5.05. The Labute approximate surface area is 145 Å². The minimum Gasteiger partial charge on any atom is -0.360 e. The van der Waals surface area contributed by atoms with Gasteiger partial charge in [-0.15, -0.1) is 0 Å². The molecule has 1 amide bonds. The molecule has 0 bridgehead atoms. The van der Waals surface area contributed by atoms with Gasteiger partial charge in [0.25, 0.3) is 5.91 Å². The molecule has 0 aliphatic heterocycles. The minimum absolute atomic E-state index is 0.147. The Balaban J connectivity index is 1.79. The lowest BCUT2D eigenvalue weighted by atomic mass is 9.71. The van der Waals surface area contributed by atoms with Gasteiger partial charge in [0.1, 0.15) is 0 Å². The van der Waals surface area contributed by atoms with Crippen LogP contribution in [0.1, 0.15) is 62.4 Å². The van der Waals surface area contributed by atoms with E-state index in [1.54, 1.807) is 0 Å². The molecule has 0 aromatic heterocycles. The van der Waals surface area contributed by atoms with Crippen LogP contribution in [0.2, 0.25) is 0 Å². The number of hydrogen-bond donors (Lipinski definition) is 2. The van der Waals surface area contributed by atoms with Gasteiger partial charge in [0.15, 0.2) is 5.11 Å². The Morgan fingerprint density at radius 1 is 1.09 bits per heavy atom. The Hall–Kier alpha value is -1.42. The highest BCUT2D eigenvalue weighted by Crippen LogP contribution is 2.37. The van der Waals surface area contributed by atoms with Crippen molar-refractivity contribution in [1.82, 2.24) is 10.6 Å². The molecular formula is C19H28N2OS. The summed E-state index contributed by atoms with van der Waals surface area (Å²) in [7, 11) is 0. The van der Waals surface area contributed by atoms with Crippen molar-refractivity contribution in [2.24, 2.45) is 11.3 Å². The number of thiocarbonyl (C=S) groups is 1. The smallest absolute Gasteiger partial charge is 0.257 e. The maximum atomic E-state index is 12.2. The summed E-state index contributed by atoms with van der Waals surface area (Å²) < 4.78 is 0. The quantitative estimate of drug-likeness (QED) is 0.797. The zero-order valence-corrected chi connectivity index (χ0v) is 15.4. The highest BCUT2D eigenvalue weighted by Gasteiger charge is 2.29. The lowest BCUT2D eigenvalue weighted by molar-refractivity contribution is 0.0976. The van der Waals surface area contributed by atoms with Gasteiger partial charge in [-0.2, -0.15) is 0 Å². The third kappa shape index (κ3) is 5.31. The van der Waals surface area contributed by atoms with Crippen LogP contribution >= 0.6 is 12.2 Å². The number of hydrogen-bond acceptors (Lipinski definition) is 2. The second kappa shape index (κ2) is 7.43. The van der Waals surface area contributed by atoms with Crippen molar-refractivity contribution in [3.8, 4) is 0 Å². The van der Waals surface area contributed by atoms with Crippen molar-refractivity contribution in [3.05, 3.63) is 35.4 Å². The van der Waals surface area contributed by atoms with Crippen molar-refractivity contribution >= 4 is 23.2 Å². The number of carbonyl (C=O) groups is 1. The van der Waals surface area contributed by atoms with E-state index in [1.807, 2.05) is 31.2 Å². The number of nitrogens with one attached hydrogen (secondary N) is 2. The van der Waals surface area contributed by atoms with Gasteiger partial charge in [-0.3, -0.25) is 10.1 Å². The van der Waals surface area contributed by atoms with Crippen LogP contribution in [0, 0.1) is 18.3 Å². The summed E-state index contributed by atoms with van der Waals surface area (Å²) in [5.74, 6) is 0.627. The minimum atomic E-state index is -0.147. The SMILES string of the molecule is Cc1ccc(C(=O)NC(=S)NC2CCC(C(C)(C)C)CC2)cc1. The van der Waals surface area contributed by atoms with Gasteiger partial charge in [0.2, 0.25) is 0 Å². The fourth-order valence-electron chi connectivity index (χ4n) is 3.21. The Morgan fingerprint density at radius 3 is 2.17 bits per heavy atom. The molecule has 0 heterocycles. The fourth-order valence-corrected chi connectivity index (χ4v) is 3.46. The fraction of sp³-hybridized carbons (Fsp3) is 0.579. The molecule has 23 heavy (non-hydrogen) atoms. The Bertz CT molecular complexity index is 552. The molecule has 2 rings (SSSR count). The van der Waals surface area contributed by atoms with E-state index in [9.17, 15) is 4.79 Å². The van der Waals surface area contributed by atoms with E-state index in [1.165, 1.54) is 12.8 Å². The maximum absolute atomic E-state index is 12.2.